The van der Waals surface area contributed by atoms with Crippen molar-refractivity contribution in [3.8, 4) is 11.1 Å². The van der Waals surface area contributed by atoms with Gasteiger partial charge in [0.1, 0.15) is 12.6 Å². The van der Waals surface area contributed by atoms with E-state index in [4.69, 9.17) is 4.74 Å². The van der Waals surface area contributed by atoms with E-state index in [2.05, 4.69) is 34.9 Å². The molecule has 0 heterocycles. The molecule has 3 aromatic carbocycles. The van der Waals surface area contributed by atoms with Crippen LogP contribution < -0.4 is 10.6 Å². The molecule has 0 fully saturated rings. The Morgan fingerprint density at radius 2 is 1.54 bits per heavy atom. The van der Waals surface area contributed by atoms with Crippen molar-refractivity contribution in [2.75, 3.05) is 11.9 Å². The van der Waals surface area contributed by atoms with Gasteiger partial charge in [0.2, 0.25) is 0 Å². The molecule has 3 N–H and O–H groups in total. The van der Waals surface area contributed by atoms with Crippen molar-refractivity contribution in [2.45, 2.75) is 32.7 Å². The van der Waals surface area contributed by atoms with Crippen LogP contribution in [0.1, 0.15) is 46.8 Å². The Balaban J connectivity index is 1.45. The first-order valence-corrected chi connectivity index (χ1v) is 11.5. The number of aliphatic carboxylic acids is 1. The summed E-state index contributed by atoms with van der Waals surface area (Å²) in [5, 5.41) is 14.6. The van der Waals surface area contributed by atoms with E-state index in [1.165, 1.54) is 6.07 Å². The van der Waals surface area contributed by atoms with E-state index in [1.807, 2.05) is 24.3 Å². The van der Waals surface area contributed by atoms with Crippen molar-refractivity contribution in [3.63, 3.8) is 0 Å². The zero-order valence-electron chi connectivity index (χ0n) is 19.9. The number of carboxylic acid groups (broad SMARTS) is 1. The predicted octanol–water partition coefficient (Wildman–Crippen LogP) is 5.20. The number of amides is 2. The Bertz CT molecular complexity index is 1240. The van der Waals surface area contributed by atoms with Crippen LogP contribution in [0.15, 0.2) is 66.7 Å². The molecule has 2 amide bonds. The molecule has 1 aliphatic rings. The van der Waals surface area contributed by atoms with E-state index >= 15 is 0 Å². The number of rotatable bonds is 7. The number of ether oxygens (including phenoxy) is 1. The molecular formula is C28H28N2O5. The van der Waals surface area contributed by atoms with Crippen LogP contribution >= 0.6 is 0 Å². The minimum Gasteiger partial charge on any atom is -0.480 e. The average molecular weight is 473 g/mol. The fraction of sp³-hybridized carbons (Fsp3) is 0.250. The number of aryl methyl sites for hydroxylation is 1. The highest BCUT2D eigenvalue weighted by molar-refractivity contribution is 5.98. The van der Waals surface area contributed by atoms with E-state index in [0.29, 0.717) is 5.69 Å². The lowest BCUT2D eigenvalue weighted by Crippen LogP contribution is -2.44. The van der Waals surface area contributed by atoms with Gasteiger partial charge >= 0.3 is 12.1 Å². The van der Waals surface area contributed by atoms with Gasteiger partial charge in [0, 0.05) is 17.2 Å². The molecule has 0 aliphatic heterocycles. The summed E-state index contributed by atoms with van der Waals surface area (Å²) in [6, 6.07) is 20.0. The first-order chi connectivity index (χ1) is 16.8. The lowest BCUT2D eigenvalue weighted by atomic mass is 9.98. The fourth-order valence-electron chi connectivity index (χ4n) is 4.38. The van der Waals surface area contributed by atoms with Crippen LogP contribution in [0.4, 0.5) is 10.5 Å². The molecule has 0 radical (unpaired) electrons. The van der Waals surface area contributed by atoms with Crippen LogP contribution in [0.5, 0.6) is 0 Å². The van der Waals surface area contributed by atoms with Crippen LogP contribution in [-0.2, 0) is 9.53 Å². The van der Waals surface area contributed by atoms with Crippen LogP contribution in [0.2, 0.25) is 0 Å². The van der Waals surface area contributed by atoms with Gasteiger partial charge in [0.25, 0.3) is 5.91 Å². The SMILES string of the molecule is Cc1ccc(C(=O)NC(C(=O)O)C(C)C)cc1NC(=O)OCC1c2ccccc2-c2ccccc21. The van der Waals surface area contributed by atoms with Gasteiger partial charge in [-0.25, -0.2) is 9.59 Å². The summed E-state index contributed by atoms with van der Waals surface area (Å²) < 4.78 is 5.60. The second kappa shape index (κ2) is 10.0. The molecule has 0 saturated carbocycles. The van der Waals surface area contributed by atoms with E-state index in [0.717, 1.165) is 27.8 Å². The molecule has 0 saturated heterocycles. The minimum atomic E-state index is -1.10. The van der Waals surface area contributed by atoms with Gasteiger partial charge < -0.3 is 15.2 Å². The van der Waals surface area contributed by atoms with Crippen LogP contribution in [0.25, 0.3) is 11.1 Å². The number of hydrogen-bond acceptors (Lipinski definition) is 4. The Morgan fingerprint density at radius 1 is 0.943 bits per heavy atom. The van der Waals surface area contributed by atoms with Gasteiger partial charge in [0.05, 0.1) is 0 Å². The second-order valence-electron chi connectivity index (χ2n) is 9.01. The number of carbonyl (C=O) groups excluding carboxylic acids is 2. The lowest BCUT2D eigenvalue weighted by Gasteiger charge is -2.18. The Kier molecular flexibility index (Phi) is 6.87. The van der Waals surface area contributed by atoms with Crippen molar-refractivity contribution < 1.29 is 24.2 Å². The van der Waals surface area contributed by atoms with Gasteiger partial charge in [-0.2, -0.15) is 0 Å². The summed E-state index contributed by atoms with van der Waals surface area (Å²) in [6.45, 7) is 5.42. The molecule has 1 unspecified atom stereocenters. The Morgan fingerprint density at radius 3 is 2.11 bits per heavy atom. The van der Waals surface area contributed by atoms with Crippen molar-refractivity contribution in [1.29, 1.82) is 0 Å². The van der Waals surface area contributed by atoms with Crippen molar-refractivity contribution in [2.24, 2.45) is 5.92 Å². The van der Waals surface area contributed by atoms with Crippen LogP contribution in [0, 0.1) is 12.8 Å². The number of carbonyl (C=O) groups is 3. The van der Waals surface area contributed by atoms with Gasteiger partial charge in [-0.1, -0.05) is 68.4 Å². The smallest absolute Gasteiger partial charge is 0.411 e. The zero-order valence-corrected chi connectivity index (χ0v) is 19.9. The first kappa shape index (κ1) is 24.0. The van der Waals surface area contributed by atoms with Gasteiger partial charge in [-0.15, -0.1) is 0 Å². The molecular weight excluding hydrogens is 444 g/mol. The summed E-state index contributed by atoms with van der Waals surface area (Å²) in [4.78, 5) is 36.7. The molecule has 3 aromatic rings. The highest BCUT2D eigenvalue weighted by atomic mass is 16.5. The molecule has 0 spiro atoms. The first-order valence-electron chi connectivity index (χ1n) is 11.5. The topological polar surface area (TPSA) is 105 Å². The molecule has 0 bridgehead atoms. The molecule has 7 heteroatoms. The number of nitrogens with one attached hydrogen (secondary N) is 2. The molecule has 35 heavy (non-hydrogen) atoms. The summed E-state index contributed by atoms with van der Waals surface area (Å²) in [7, 11) is 0. The quantitative estimate of drug-likeness (QED) is 0.439. The third-order valence-electron chi connectivity index (χ3n) is 6.30. The maximum atomic E-state index is 12.7. The summed E-state index contributed by atoms with van der Waals surface area (Å²) in [5.74, 6) is -1.96. The maximum absolute atomic E-state index is 12.7. The molecule has 7 nitrogen and oxygen atoms in total. The Labute approximate surface area is 204 Å². The largest absolute Gasteiger partial charge is 0.480 e. The third kappa shape index (κ3) is 5.04. The third-order valence-corrected chi connectivity index (χ3v) is 6.30. The fourth-order valence-corrected chi connectivity index (χ4v) is 4.38. The van der Waals surface area contributed by atoms with Crippen molar-refractivity contribution in [3.05, 3.63) is 89.0 Å². The van der Waals surface area contributed by atoms with Crippen LogP contribution in [0.3, 0.4) is 0 Å². The number of carboxylic acids is 1. The number of anilines is 1. The van der Waals surface area contributed by atoms with E-state index in [1.54, 1.807) is 32.9 Å². The van der Waals surface area contributed by atoms with E-state index < -0.39 is 24.0 Å². The molecule has 0 aromatic heterocycles. The summed E-state index contributed by atoms with van der Waals surface area (Å²) in [6.07, 6.45) is -0.627. The summed E-state index contributed by atoms with van der Waals surface area (Å²) in [5.41, 5.74) is 5.95. The molecule has 1 atom stereocenters. The van der Waals surface area contributed by atoms with Gasteiger partial charge in [-0.05, 0) is 52.8 Å². The lowest BCUT2D eigenvalue weighted by molar-refractivity contribution is -0.140. The van der Waals surface area contributed by atoms with Crippen molar-refractivity contribution in [1.82, 2.24) is 5.32 Å². The highest BCUT2D eigenvalue weighted by Gasteiger charge is 2.29. The van der Waals surface area contributed by atoms with E-state index in [9.17, 15) is 19.5 Å². The maximum Gasteiger partial charge on any atom is 0.411 e. The van der Waals surface area contributed by atoms with Crippen LogP contribution in [-0.4, -0.2) is 35.7 Å². The monoisotopic (exact) mass is 472 g/mol. The minimum absolute atomic E-state index is 0.0599. The number of hydrogen-bond donors (Lipinski definition) is 3. The Hall–Kier alpha value is -4.13. The molecule has 180 valence electrons. The average Bonchev–Trinajstić information content (AvgIpc) is 3.15. The van der Waals surface area contributed by atoms with Crippen molar-refractivity contribution >= 4 is 23.7 Å². The van der Waals surface area contributed by atoms with Gasteiger partial charge in [-0.3, -0.25) is 10.1 Å². The number of benzene rings is 3. The predicted molar refractivity (Wildman–Crippen MR) is 134 cm³/mol. The van der Waals surface area contributed by atoms with E-state index in [-0.39, 0.29) is 24.0 Å². The molecule has 1 aliphatic carbocycles. The standard InChI is InChI=1S/C28H28N2O5/c1-16(2)25(27(32)33)30-26(31)18-13-12-17(3)24(14-18)29-28(34)35-15-23-21-10-6-4-8-19(21)20-9-5-7-11-22(20)23/h4-14,16,23,25H,15H2,1-3H3,(H,29,34)(H,30,31)(H,32,33). The number of fused-ring (bicyclic) bond motifs is 3. The summed E-state index contributed by atoms with van der Waals surface area (Å²) >= 11 is 0. The second-order valence-corrected chi connectivity index (χ2v) is 9.01. The zero-order chi connectivity index (χ0) is 25.1. The van der Waals surface area contributed by atoms with Gasteiger partial charge in [0.15, 0.2) is 0 Å². The molecule has 4 rings (SSSR count). The normalized spacial score (nSPS) is 13.0. The highest BCUT2D eigenvalue weighted by Crippen LogP contribution is 2.44.